The van der Waals surface area contributed by atoms with E-state index in [1.54, 1.807) is 0 Å². The van der Waals surface area contributed by atoms with E-state index in [-0.39, 0.29) is 0 Å². The molecular weight excluding hydrogens is 218 g/mol. The molecule has 0 saturated carbocycles. The lowest BCUT2D eigenvalue weighted by atomic mass is 10.1. The Balaban J connectivity index is 1.94. The van der Waals surface area contributed by atoms with Gasteiger partial charge in [-0.2, -0.15) is 0 Å². The highest BCUT2D eigenvalue weighted by Gasteiger charge is 1.95. The van der Waals surface area contributed by atoms with Crippen LogP contribution in [0.3, 0.4) is 0 Å². The van der Waals surface area contributed by atoms with Gasteiger partial charge >= 0.3 is 0 Å². The Morgan fingerprint density at radius 2 is 1.67 bits per heavy atom. The van der Waals surface area contributed by atoms with E-state index in [9.17, 15) is 0 Å². The maximum atomic E-state index is 2.15. The molecule has 3 aromatic rings. The monoisotopic (exact) mass is 233 g/mol. The van der Waals surface area contributed by atoms with Gasteiger partial charge in [0, 0.05) is 12.4 Å². The molecule has 3 rings (SSSR count). The van der Waals surface area contributed by atoms with E-state index in [1.807, 2.05) is 0 Å². The Bertz CT molecular complexity index is 687. The van der Waals surface area contributed by atoms with E-state index < -0.39 is 0 Å². The van der Waals surface area contributed by atoms with Gasteiger partial charge in [-0.1, -0.05) is 48.0 Å². The Kier molecular flexibility index (Phi) is 2.73. The van der Waals surface area contributed by atoms with Crippen LogP contribution in [0.15, 0.2) is 60.8 Å². The van der Waals surface area contributed by atoms with Crippen molar-refractivity contribution < 1.29 is 0 Å². The fourth-order valence-corrected chi connectivity index (χ4v) is 2.08. The number of hydrogen-bond acceptors (Lipinski definition) is 0. The molecule has 0 unspecified atom stereocenters. The van der Waals surface area contributed by atoms with Gasteiger partial charge in [0.2, 0.25) is 0 Å². The minimum Gasteiger partial charge on any atom is -0.323 e. The van der Waals surface area contributed by atoms with Crippen LogP contribution in [-0.4, -0.2) is 4.57 Å². The van der Waals surface area contributed by atoms with Gasteiger partial charge < -0.3 is 4.57 Å². The highest BCUT2D eigenvalue weighted by Crippen LogP contribution is 2.16. The van der Waals surface area contributed by atoms with Gasteiger partial charge in [-0.3, -0.25) is 0 Å². The molecule has 0 fully saturated rings. The number of para-hydroxylation sites is 1. The van der Waals surface area contributed by atoms with Crippen molar-refractivity contribution in [3.05, 3.63) is 71.9 Å². The van der Waals surface area contributed by atoms with Crippen LogP contribution in [-0.2, 0) is 0 Å². The summed E-state index contributed by atoms with van der Waals surface area (Å²) in [6.07, 6.45) is 6.33. The predicted octanol–water partition coefficient (Wildman–Crippen LogP) is 4.58. The molecule has 0 atom stereocenters. The van der Waals surface area contributed by atoms with Crippen LogP contribution in [0.1, 0.15) is 11.1 Å². The van der Waals surface area contributed by atoms with Gasteiger partial charge in [0.05, 0.1) is 5.52 Å². The van der Waals surface area contributed by atoms with Crippen molar-refractivity contribution in [3.8, 4) is 0 Å². The van der Waals surface area contributed by atoms with Crippen molar-refractivity contribution in [3.63, 3.8) is 0 Å². The summed E-state index contributed by atoms with van der Waals surface area (Å²) < 4.78 is 2.15. The minimum absolute atomic E-state index is 1.22. The summed E-state index contributed by atoms with van der Waals surface area (Å²) in [5.74, 6) is 0. The van der Waals surface area contributed by atoms with Crippen molar-refractivity contribution in [2.75, 3.05) is 0 Å². The first-order valence-electron chi connectivity index (χ1n) is 6.13. The second-order valence-electron chi connectivity index (χ2n) is 4.51. The summed E-state index contributed by atoms with van der Waals surface area (Å²) in [5, 5.41) is 1.27. The summed E-state index contributed by atoms with van der Waals surface area (Å²) >= 11 is 0. The quantitative estimate of drug-likeness (QED) is 0.610. The molecule has 1 aromatic heterocycles. The number of nitrogens with zero attached hydrogens (tertiary/aromatic N) is 1. The first kappa shape index (κ1) is 10.8. The summed E-state index contributed by atoms with van der Waals surface area (Å²) in [6, 6.07) is 19.1. The molecule has 1 heteroatoms. The summed E-state index contributed by atoms with van der Waals surface area (Å²) in [4.78, 5) is 0. The van der Waals surface area contributed by atoms with Crippen LogP contribution in [0.4, 0.5) is 0 Å². The van der Waals surface area contributed by atoms with Gasteiger partial charge in [-0.15, -0.1) is 0 Å². The van der Waals surface area contributed by atoms with E-state index >= 15 is 0 Å². The van der Waals surface area contributed by atoms with Crippen LogP contribution < -0.4 is 0 Å². The molecule has 0 saturated heterocycles. The van der Waals surface area contributed by atoms with Crippen LogP contribution in [0.2, 0.25) is 0 Å². The third-order valence-corrected chi connectivity index (χ3v) is 3.13. The standard InChI is InChI=1S/C17H15N/c1-14-6-8-15(9-7-14)10-12-18-13-11-16-4-2-3-5-17(16)18/h2-13H,1H3/b12-10+. The predicted molar refractivity (Wildman–Crippen MR) is 78.3 cm³/mol. The molecule has 1 nitrogen and oxygen atoms in total. The number of aryl methyl sites for hydroxylation is 1. The van der Waals surface area contributed by atoms with E-state index in [2.05, 4.69) is 84.6 Å². The van der Waals surface area contributed by atoms with Gasteiger partial charge in [0.1, 0.15) is 0 Å². The van der Waals surface area contributed by atoms with Gasteiger partial charge in [0.25, 0.3) is 0 Å². The summed E-state index contributed by atoms with van der Waals surface area (Å²) in [6.45, 7) is 2.10. The van der Waals surface area contributed by atoms with Gasteiger partial charge in [0.15, 0.2) is 0 Å². The van der Waals surface area contributed by atoms with E-state index in [0.29, 0.717) is 0 Å². The molecular formula is C17H15N. The lowest BCUT2D eigenvalue weighted by Gasteiger charge is -1.98. The molecule has 0 radical (unpaired) electrons. The molecule has 0 N–H and O–H groups in total. The maximum Gasteiger partial charge on any atom is 0.0522 e. The molecule has 0 aliphatic heterocycles. The molecule has 1 heterocycles. The molecule has 0 aliphatic carbocycles. The van der Waals surface area contributed by atoms with Crippen molar-refractivity contribution in [2.24, 2.45) is 0 Å². The molecule has 0 spiro atoms. The number of rotatable bonds is 2. The number of hydrogen-bond donors (Lipinski definition) is 0. The summed E-state index contributed by atoms with van der Waals surface area (Å²) in [7, 11) is 0. The Labute approximate surface area is 107 Å². The van der Waals surface area contributed by atoms with Crippen molar-refractivity contribution in [1.29, 1.82) is 0 Å². The van der Waals surface area contributed by atoms with Crippen LogP contribution >= 0.6 is 0 Å². The van der Waals surface area contributed by atoms with Gasteiger partial charge in [-0.25, -0.2) is 0 Å². The smallest absolute Gasteiger partial charge is 0.0522 e. The number of benzene rings is 2. The third-order valence-electron chi connectivity index (χ3n) is 3.13. The second-order valence-corrected chi connectivity index (χ2v) is 4.51. The SMILES string of the molecule is Cc1ccc(/C=C/n2ccc3ccccc32)cc1. The molecule has 0 bridgehead atoms. The minimum atomic E-state index is 1.22. The average molecular weight is 233 g/mol. The molecule has 88 valence electrons. The average Bonchev–Trinajstić information content (AvgIpc) is 2.82. The van der Waals surface area contributed by atoms with Gasteiger partial charge in [-0.05, 0) is 36.1 Å². The fourth-order valence-electron chi connectivity index (χ4n) is 2.08. The van der Waals surface area contributed by atoms with Crippen LogP contribution in [0.5, 0.6) is 0 Å². The van der Waals surface area contributed by atoms with E-state index in [4.69, 9.17) is 0 Å². The maximum absolute atomic E-state index is 2.15. The van der Waals surface area contributed by atoms with Crippen LogP contribution in [0, 0.1) is 6.92 Å². The first-order chi connectivity index (χ1) is 8.83. The fraction of sp³-hybridized carbons (Fsp3) is 0.0588. The summed E-state index contributed by atoms with van der Waals surface area (Å²) in [5.41, 5.74) is 3.75. The molecule has 2 aromatic carbocycles. The zero-order valence-electron chi connectivity index (χ0n) is 10.4. The largest absolute Gasteiger partial charge is 0.323 e. The normalized spacial score (nSPS) is 11.4. The first-order valence-corrected chi connectivity index (χ1v) is 6.13. The van der Waals surface area contributed by atoms with Crippen molar-refractivity contribution in [1.82, 2.24) is 4.57 Å². The van der Waals surface area contributed by atoms with Crippen LogP contribution in [0.25, 0.3) is 23.2 Å². The van der Waals surface area contributed by atoms with E-state index in [1.165, 1.54) is 22.0 Å². The topological polar surface area (TPSA) is 4.93 Å². The molecule has 0 aliphatic rings. The number of aromatic nitrogens is 1. The Morgan fingerprint density at radius 3 is 2.50 bits per heavy atom. The highest BCUT2D eigenvalue weighted by atomic mass is 14.9. The van der Waals surface area contributed by atoms with E-state index in [0.717, 1.165) is 0 Å². The van der Waals surface area contributed by atoms with Crippen molar-refractivity contribution >= 4 is 23.2 Å². The lowest BCUT2D eigenvalue weighted by Crippen LogP contribution is -1.82. The zero-order valence-corrected chi connectivity index (χ0v) is 10.4. The lowest BCUT2D eigenvalue weighted by molar-refractivity contribution is 1.23. The Morgan fingerprint density at radius 1 is 0.889 bits per heavy atom. The zero-order chi connectivity index (χ0) is 12.4. The molecule has 18 heavy (non-hydrogen) atoms. The number of fused-ring (bicyclic) bond motifs is 1. The Hall–Kier alpha value is -2.28. The second kappa shape index (κ2) is 4.53. The molecule has 0 amide bonds. The van der Waals surface area contributed by atoms with Crippen molar-refractivity contribution in [2.45, 2.75) is 6.92 Å². The highest BCUT2D eigenvalue weighted by molar-refractivity contribution is 5.83. The third kappa shape index (κ3) is 2.07.